The van der Waals surface area contributed by atoms with Crippen LogP contribution in [0.15, 0.2) is 30.6 Å². The molecule has 0 amide bonds. The Morgan fingerprint density at radius 2 is 2.09 bits per heavy atom. The maximum atomic E-state index is 11.2. The van der Waals surface area contributed by atoms with Crippen molar-refractivity contribution in [3.63, 3.8) is 0 Å². The molecule has 118 valence electrons. The summed E-state index contributed by atoms with van der Waals surface area (Å²) in [5.74, 6) is 1.44. The molecular formula is C15H20N4O2S. The van der Waals surface area contributed by atoms with Gasteiger partial charge in [-0.05, 0) is 32.4 Å². The number of nitrogens with one attached hydrogen (secondary N) is 1. The molecule has 0 radical (unpaired) electrons. The Balaban J connectivity index is 2.13. The van der Waals surface area contributed by atoms with E-state index in [0.29, 0.717) is 18.1 Å². The lowest BCUT2D eigenvalue weighted by atomic mass is 10.2. The molecule has 1 unspecified atom stereocenters. The minimum atomic E-state index is -2.95. The molecule has 2 aromatic heterocycles. The first-order valence-electron chi connectivity index (χ1n) is 7.04. The van der Waals surface area contributed by atoms with E-state index >= 15 is 0 Å². The Morgan fingerprint density at radius 1 is 1.32 bits per heavy atom. The fourth-order valence-corrected chi connectivity index (χ4v) is 2.76. The van der Waals surface area contributed by atoms with Crippen LogP contribution in [0.1, 0.15) is 19.0 Å². The lowest BCUT2D eigenvalue weighted by molar-refractivity contribution is 0.595. The summed E-state index contributed by atoms with van der Waals surface area (Å²) in [7, 11) is -2.95. The Kier molecular flexibility index (Phi) is 5.07. The van der Waals surface area contributed by atoms with Gasteiger partial charge in [0, 0.05) is 42.0 Å². The number of rotatable bonds is 6. The molecule has 1 N–H and O–H groups in total. The molecule has 0 aliphatic carbocycles. The van der Waals surface area contributed by atoms with Gasteiger partial charge in [0.1, 0.15) is 15.7 Å². The lowest BCUT2D eigenvalue weighted by Crippen LogP contribution is -2.20. The van der Waals surface area contributed by atoms with Crippen molar-refractivity contribution < 1.29 is 8.42 Å². The average molecular weight is 320 g/mol. The summed E-state index contributed by atoms with van der Waals surface area (Å²) < 4.78 is 22.4. The van der Waals surface area contributed by atoms with E-state index in [9.17, 15) is 8.42 Å². The topological polar surface area (TPSA) is 84.8 Å². The molecule has 0 saturated heterocycles. The minimum Gasteiger partial charge on any atom is -0.367 e. The van der Waals surface area contributed by atoms with E-state index in [1.807, 2.05) is 32.0 Å². The van der Waals surface area contributed by atoms with E-state index in [0.717, 1.165) is 11.3 Å². The van der Waals surface area contributed by atoms with E-state index in [1.54, 1.807) is 12.4 Å². The molecule has 0 aliphatic rings. The molecule has 0 aromatic carbocycles. The predicted molar refractivity (Wildman–Crippen MR) is 87.4 cm³/mol. The van der Waals surface area contributed by atoms with Crippen LogP contribution in [0, 0.1) is 6.92 Å². The number of aromatic nitrogens is 3. The van der Waals surface area contributed by atoms with Crippen molar-refractivity contribution in [2.24, 2.45) is 0 Å². The largest absolute Gasteiger partial charge is 0.367 e. The number of hydrogen-bond acceptors (Lipinski definition) is 6. The Bertz CT molecular complexity index is 732. The first kappa shape index (κ1) is 16.4. The van der Waals surface area contributed by atoms with Gasteiger partial charge in [0.05, 0.1) is 5.75 Å². The third-order valence-corrected chi connectivity index (χ3v) is 4.07. The lowest BCUT2D eigenvalue weighted by Gasteiger charge is -2.15. The SMILES string of the molecule is Cc1cc(NC(C)CCS(C)(=O)=O)nc(-c2cccnc2)n1. The van der Waals surface area contributed by atoms with Crippen molar-refractivity contribution >= 4 is 15.7 Å². The van der Waals surface area contributed by atoms with Crippen LogP contribution in [-0.2, 0) is 9.84 Å². The highest BCUT2D eigenvalue weighted by Gasteiger charge is 2.10. The molecule has 0 saturated carbocycles. The monoisotopic (exact) mass is 320 g/mol. The molecule has 2 heterocycles. The fourth-order valence-electron chi connectivity index (χ4n) is 1.98. The van der Waals surface area contributed by atoms with Gasteiger partial charge in [0.25, 0.3) is 0 Å². The minimum absolute atomic E-state index is 0.00535. The molecule has 0 bridgehead atoms. The van der Waals surface area contributed by atoms with Gasteiger partial charge in [-0.25, -0.2) is 18.4 Å². The first-order valence-corrected chi connectivity index (χ1v) is 9.10. The molecule has 0 aliphatic heterocycles. The maximum absolute atomic E-state index is 11.2. The molecule has 6 nitrogen and oxygen atoms in total. The van der Waals surface area contributed by atoms with Gasteiger partial charge < -0.3 is 5.32 Å². The van der Waals surface area contributed by atoms with Gasteiger partial charge in [-0.15, -0.1) is 0 Å². The van der Waals surface area contributed by atoms with Gasteiger partial charge in [0.2, 0.25) is 0 Å². The number of nitrogens with zero attached hydrogens (tertiary/aromatic N) is 3. The molecule has 22 heavy (non-hydrogen) atoms. The van der Waals surface area contributed by atoms with Crippen molar-refractivity contribution in [1.29, 1.82) is 0 Å². The average Bonchev–Trinajstić information content (AvgIpc) is 2.45. The standard InChI is InChI=1S/C15H20N4O2S/c1-11(6-8-22(3,20)21)17-14-9-12(2)18-15(19-14)13-5-4-7-16-10-13/h4-5,7,9-11H,6,8H2,1-3H3,(H,17,18,19). The van der Waals surface area contributed by atoms with Crippen LogP contribution in [0.3, 0.4) is 0 Å². The maximum Gasteiger partial charge on any atom is 0.163 e. The smallest absolute Gasteiger partial charge is 0.163 e. The van der Waals surface area contributed by atoms with Gasteiger partial charge in [-0.3, -0.25) is 4.98 Å². The molecule has 0 fully saturated rings. The van der Waals surface area contributed by atoms with E-state index < -0.39 is 9.84 Å². The zero-order valence-corrected chi connectivity index (χ0v) is 13.8. The quantitative estimate of drug-likeness (QED) is 0.877. The second-order valence-corrected chi connectivity index (χ2v) is 7.68. The van der Waals surface area contributed by atoms with Crippen LogP contribution in [0.2, 0.25) is 0 Å². The summed E-state index contributed by atoms with van der Waals surface area (Å²) >= 11 is 0. The summed E-state index contributed by atoms with van der Waals surface area (Å²) in [4.78, 5) is 13.0. The zero-order valence-electron chi connectivity index (χ0n) is 12.9. The molecule has 1 atom stereocenters. The third kappa shape index (κ3) is 5.07. The predicted octanol–water partition coefficient (Wildman–Crippen LogP) is 2.08. The van der Waals surface area contributed by atoms with Gasteiger partial charge in [0.15, 0.2) is 5.82 Å². The van der Waals surface area contributed by atoms with Crippen LogP contribution < -0.4 is 5.32 Å². The van der Waals surface area contributed by atoms with Crippen molar-refractivity contribution in [3.8, 4) is 11.4 Å². The fraction of sp³-hybridized carbons (Fsp3) is 0.400. The van der Waals surface area contributed by atoms with Crippen molar-refractivity contribution in [3.05, 3.63) is 36.3 Å². The highest BCUT2D eigenvalue weighted by molar-refractivity contribution is 7.90. The van der Waals surface area contributed by atoms with Gasteiger partial charge >= 0.3 is 0 Å². The number of aryl methyl sites for hydroxylation is 1. The van der Waals surface area contributed by atoms with Crippen molar-refractivity contribution in [2.75, 3.05) is 17.3 Å². The van der Waals surface area contributed by atoms with E-state index in [1.165, 1.54) is 6.26 Å². The van der Waals surface area contributed by atoms with Crippen LogP contribution in [0.5, 0.6) is 0 Å². The summed E-state index contributed by atoms with van der Waals surface area (Å²) in [6, 6.07) is 5.59. The highest BCUT2D eigenvalue weighted by Crippen LogP contribution is 2.17. The zero-order chi connectivity index (χ0) is 16.2. The van der Waals surface area contributed by atoms with Crippen LogP contribution in [0.25, 0.3) is 11.4 Å². The van der Waals surface area contributed by atoms with E-state index in [-0.39, 0.29) is 11.8 Å². The van der Waals surface area contributed by atoms with E-state index in [2.05, 4.69) is 20.3 Å². The van der Waals surface area contributed by atoms with Crippen LogP contribution in [0.4, 0.5) is 5.82 Å². The third-order valence-electron chi connectivity index (χ3n) is 3.09. The summed E-state index contributed by atoms with van der Waals surface area (Å²) in [5, 5.41) is 3.23. The summed E-state index contributed by atoms with van der Waals surface area (Å²) in [6.45, 7) is 3.83. The summed E-state index contributed by atoms with van der Waals surface area (Å²) in [6.07, 6.45) is 5.19. The summed E-state index contributed by atoms with van der Waals surface area (Å²) in [5.41, 5.74) is 1.68. The number of pyridine rings is 1. The second-order valence-electron chi connectivity index (χ2n) is 5.42. The molecule has 7 heteroatoms. The highest BCUT2D eigenvalue weighted by atomic mass is 32.2. The van der Waals surface area contributed by atoms with Crippen LogP contribution >= 0.6 is 0 Å². The van der Waals surface area contributed by atoms with Crippen molar-refractivity contribution in [2.45, 2.75) is 26.3 Å². The Morgan fingerprint density at radius 3 is 2.73 bits per heavy atom. The normalized spacial score (nSPS) is 12.9. The van der Waals surface area contributed by atoms with Gasteiger partial charge in [-0.1, -0.05) is 0 Å². The number of hydrogen-bond donors (Lipinski definition) is 1. The number of anilines is 1. The Hall–Kier alpha value is -2.02. The number of sulfone groups is 1. The van der Waals surface area contributed by atoms with E-state index in [4.69, 9.17) is 0 Å². The molecule has 0 spiro atoms. The second kappa shape index (κ2) is 6.83. The van der Waals surface area contributed by atoms with Crippen LogP contribution in [-0.4, -0.2) is 41.4 Å². The first-order chi connectivity index (χ1) is 10.3. The molecule has 2 rings (SSSR count). The molecular weight excluding hydrogens is 300 g/mol. The molecule has 2 aromatic rings. The van der Waals surface area contributed by atoms with Crippen molar-refractivity contribution in [1.82, 2.24) is 15.0 Å². The Labute approximate surface area is 131 Å². The van der Waals surface area contributed by atoms with Gasteiger partial charge in [-0.2, -0.15) is 0 Å².